The van der Waals surface area contributed by atoms with Crippen molar-refractivity contribution in [3.8, 4) is 0 Å². The van der Waals surface area contributed by atoms with Crippen molar-refractivity contribution >= 4 is 0 Å². The highest BCUT2D eigenvalue weighted by atomic mass is 14.4. The van der Waals surface area contributed by atoms with Gasteiger partial charge in [0.1, 0.15) is 0 Å². The lowest BCUT2D eigenvalue weighted by Crippen LogP contribution is -2.25. The Bertz CT molecular complexity index is 312. The lowest BCUT2D eigenvalue weighted by Gasteiger charge is -2.30. The molecule has 1 aliphatic carbocycles. The molecule has 2 atom stereocenters. The minimum atomic E-state index is 0.336. The van der Waals surface area contributed by atoms with E-state index in [1.54, 1.807) is 0 Å². The van der Waals surface area contributed by atoms with Gasteiger partial charge >= 0.3 is 0 Å². The average molecular weight is 186 g/mol. The monoisotopic (exact) mass is 186 g/mol. The fourth-order valence-corrected chi connectivity index (χ4v) is 2.75. The Morgan fingerprint density at radius 2 is 2.07 bits per heavy atom. The standard InChI is InChI=1S/C14H18/c1-3-12-10-7-11-14(12,2)13-8-5-4-6-9-13/h3-6,8-9,12H,1,7,10-11H2,2H3/t12-,14-/m1/s1. The Kier molecular flexibility index (Phi) is 2.45. The zero-order chi connectivity index (χ0) is 10.0. The molecule has 14 heavy (non-hydrogen) atoms. The second kappa shape index (κ2) is 3.61. The molecule has 1 saturated carbocycles. The van der Waals surface area contributed by atoms with Crippen LogP contribution < -0.4 is 0 Å². The Balaban J connectivity index is 2.36. The predicted molar refractivity (Wildman–Crippen MR) is 61.3 cm³/mol. The van der Waals surface area contributed by atoms with Gasteiger partial charge in [0.05, 0.1) is 0 Å². The summed E-state index contributed by atoms with van der Waals surface area (Å²) in [5, 5.41) is 0. The average Bonchev–Trinajstić information content (AvgIpc) is 2.62. The minimum absolute atomic E-state index is 0.336. The van der Waals surface area contributed by atoms with E-state index in [1.165, 1.54) is 24.8 Å². The van der Waals surface area contributed by atoms with Gasteiger partial charge in [0.25, 0.3) is 0 Å². The van der Waals surface area contributed by atoms with E-state index in [0.717, 1.165) is 0 Å². The van der Waals surface area contributed by atoms with Gasteiger partial charge in [-0.25, -0.2) is 0 Å². The van der Waals surface area contributed by atoms with Crippen molar-refractivity contribution in [3.05, 3.63) is 48.6 Å². The van der Waals surface area contributed by atoms with Gasteiger partial charge in [0, 0.05) is 0 Å². The minimum Gasteiger partial charge on any atom is -0.103 e. The van der Waals surface area contributed by atoms with E-state index < -0.39 is 0 Å². The first kappa shape index (κ1) is 9.51. The molecule has 0 aliphatic heterocycles. The van der Waals surface area contributed by atoms with E-state index in [4.69, 9.17) is 0 Å². The van der Waals surface area contributed by atoms with Crippen molar-refractivity contribution < 1.29 is 0 Å². The number of rotatable bonds is 2. The van der Waals surface area contributed by atoms with Crippen LogP contribution >= 0.6 is 0 Å². The third kappa shape index (κ3) is 1.39. The summed E-state index contributed by atoms with van der Waals surface area (Å²) >= 11 is 0. The topological polar surface area (TPSA) is 0 Å². The third-order valence-electron chi connectivity index (χ3n) is 3.75. The maximum atomic E-state index is 3.96. The molecule has 0 spiro atoms. The van der Waals surface area contributed by atoms with E-state index in [0.29, 0.717) is 11.3 Å². The van der Waals surface area contributed by atoms with Crippen molar-refractivity contribution in [1.82, 2.24) is 0 Å². The number of hydrogen-bond acceptors (Lipinski definition) is 0. The molecule has 1 aromatic carbocycles. The zero-order valence-electron chi connectivity index (χ0n) is 8.87. The molecule has 0 aromatic heterocycles. The summed E-state index contributed by atoms with van der Waals surface area (Å²) in [5.41, 5.74) is 1.81. The fourth-order valence-electron chi connectivity index (χ4n) is 2.75. The van der Waals surface area contributed by atoms with Crippen LogP contribution in [0.15, 0.2) is 43.0 Å². The lowest BCUT2D eigenvalue weighted by molar-refractivity contribution is 0.407. The Morgan fingerprint density at radius 3 is 2.71 bits per heavy atom. The van der Waals surface area contributed by atoms with E-state index >= 15 is 0 Å². The van der Waals surface area contributed by atoms with Crippen LogP contribution in [0.5, 0.6) is 0 Å². The van der Waals surface area contributed by atoms with Gasteiger partial charge in [-0.15, -0.1) is 6.58 Å². The molecule has 0 unspecified atom stereocenters. The Morgan fingerprint density at radius 1 is 1.36 bits per heavy atom. The molecule has 0 nitrogen and oxygen atoms in total. The zero-order valence-corrected chi connectivity index (χ0v) is 8.87. The molecular formula is C14H18. The molecule has 0 radical (unpaired) electrons. The van der Waals surface area contributed by atoms with Gasteiger partial charge in [0.2, 0.25) is 0 Å². The lowest BCUT2D eigenvalue weighted by atomic mass is 9.74. The number of allylic oxidation sites excluding steroid dienone is 1. The summed E-state index contributed by atoms with van der Waals surface area (Å²) in [6, 6.07) is 10.9. The van der Waals surface area contributed by atoms with Crippen molar-refractivity contribution in [3.63, 3.8) is 0 Å². The van der Waals surface area contributed by atoms with E-state index in [9.17, 15) is 0 Å². The smallest absolute Gasteiger partial charge is 0.00127 e. The van der Waals surface area contributed by atoms with Crippen LogP contribution in [-0.4, -0.2) is 0 Å². The molecule has 1 aromatic rings. The Labute approximate surface area is 86.7 Å². The van der Waals surface area contributed by atoms with Crippen LogP contribution in [0.25, 0.3) is 0 Å². The predicted octanol–water partition coefficient (Wildman–Crippen LogP) is 3.93. The molecule has 1 aliphatic rings. The summed E-state index contributed by atoms with van der Waals surface area (Å²) in [6.45, 7) is 6.34. The fraction of sp³-hybridized carbons (Fsp3) is 0.429. The normalized spacial score (nSPS) is 31.6. The molecule has 0 N–H and O–H groups in total. The molecule has 0 saturated heterocycles. The molecule has 0 amide bonds. The van der Waals surface area contributed by atoms with Crippen LogP contribution in [0, 0.1) is 5.92 Å². The first-order valence-electron chi connectivity index (χ1n) is 5.45. The highest BCUT2D eigenvalue weighted by Gasteiger charge is 2.37. The molecular weight excluding hydrogens is 168 g/mol. The van der Waals surface area contributed by atoms with Crippen LogP contribution in [0.1, 0.15) is 31.7 Å². The van der Waals surface area contributed by atoms with Crippen LogP contribution in [0.3, 0.4) is 0 Å². The number of hydrogen-bond donors (Lipinski definition) is 0. The first-order valence-corrected chi connectivity index (χ1v) is 5.45. The summed E-state index contributed by atoms with van der Waals surface area (Å²) in [5.74, 6) is 0.657. The van der Waals surface area contributed by atoms with Gasteiger partial charge in [0.15, 0.2) is 0 Å². The van der Waals surface area contributed by atoms with Gasteiger partial charge < -0.3 is 0 Å². The number of benzene rings is 1. The second-order valence-corrected chi connectivity index (χ2v) is 4.52. The molecule has 0 heterocycles. The third-order valence-corrected chi connectivity index (χ3v) is 3.75. The molecule has 0 bridgehead atoms. The van der Waals surface area contributed by atoms with Crippen LogP contribution in [0.2, 0.25) is 0 Å². The largest absolute Gasteiger partial charge is 0.103 e. The first-order chi connectivity index (χ1) is 6.77. The summed E-state index contributed by atoms with van der Waals surface area (Å²) in [4.78, 5) is 0. The van der Waals surface area contributed by atoms with Crippen molar-refractivity contribution in [2.75, 3.05) is 0 Å². The summed E-state index contributed by atoms with van der Waals surface area (Å²) in [7, 11) is 0. The van der Waals surface area contributed by atoms with Gasteiger partial charge in [-0.3, -0.25) is 0 Å². The molecule has 0 heteroatoms. The van der Waals surface area contributed by atoms with Crippen molar-refractivity contribution in [1.29, 1.82) is 0 Å². The highest BCUT2D eigenvalue weighted by molar-refractivity contribution is 5.28. The van der Waals surface area contributed by atoms with Gasteiger partial charge in [-0.1, -0.05) is 49.8 Å². The molecule has 74 valence electrons. The summed E-state index contributed by atoms with van der Waals surface area (Å²) < 4.78 is 0. The van der Waals surface area contributed by atoms with Crippen molar-refractivity contribution in [2.45, 2.75) is 31.6 Å². The van der Waals surface area contributed by atoms with Crippen LogP contribution in [-0.2, 0) is 5.41 Å². The second-order valence-electron chi connectivity index (χ2n) is 4.52. The maximum Gasteiger partial charge on any atom is -0.00127 e. The Hall–Kier alpha value is -1.04. The van der Waals surface area contributed by atoms with Crippen LogP contribution in [0.4, 0.5) is 0 Å². The molecule has 1 fully saturated rings. The van der Waals surface area contributed by atoms with Gasteiger partial charge in [-0.2, -0.15) is 0 Å². The van der Waals surface area contributed by atoms with E-state index in [-0.39, 0.29) is 0 Å². The maximum absolute atomic E-state index is 3.96. The highest BCUT2D eigenvalue weighted by Crippen LogP contribution is 2.45. The van der Waals surface area contributed by atoms with E-state index in [2.05, 4.69) is 49.9 Å². The van der Waals surface area contributed by atoms with E-state index in [1.807, 2.05) is 0 Å². The summed E-state index contributed by atoms with van der Waals surface area (Å²) in [6.07, 6.45) is 6.07. The van der Waals surface area contributed by atoms with Gasteiger partial charge in [-0.05, 0) is 29.7 Å². The SMILES string of the molecule is C=C[C@@H]1CCC[C@@]1(C)c1ccccc1. The molecule has 2 rings (SSSR count). The van der Waals surface area contributed by atoms with Crippen molar-refractivity contribution in [2.24, 2.45) is 5.92 Å². The quantitative estimate of drug-likeness (QED) is 0.614.